The molecule has 0 aliphatic carbocycles. The molecular weight excluding hydrogens is 269 g/mol. The van der Waals surface area contributed by atoms with Crippen LogP contribution >= 0.6 is 0 Å². The fourth-order valence-electron chi connectivity index (χ4n) is 3.46. The topological polar surface area (TPSA) is 44.4 Å². The first-order valence-corrected chi connectivity index (χ1v) is 7.64. The summed E-state index contributed by atoms with van der Waals surface area (Å²) in [6.45, 7) is 4.63. The van der Waals surface area contributed by atoms with Crippen molar-refractivity contribution >= 4 is 11.6 Å². The Morgan fingerprint density at radius 2 is 1.95 bits per heavy atom. The van der Waals surface area contributed by atoms with Crippen molar-refractivity contribution in [2.75, 3.05) is 38.0 Å². The van der Waals surface area contributed by atoms with Crippen molar-refractivity contribution in [2.45, 2.75) is 19.3 Å². The maximum absolute atomic E-state index is 12.8. The minimum atomic E-state index is -0.291. The van der Waals surface area contributed by atoms with E-state index in [9.17, 15) is 9.18 Å². The standard InChI is InChI=1S/C16H22FN3O/c17-13-1-3-14(4-2-13)19-15(21)11-20-10-7-16(12-20)5-8-18-9-6-16/h1-4,18H,5-12H2,(H,19,21). The zero-order chi connectivity index (χ0) is 14.7. The summed E-state index contributed by atoms with van der Waals surface area (Å²) < 4.78 is 12.8. The van der Waals surface area contributed by atoms with Gasteiger partial charge in [0.2, 0.25) is 5.91 Å². The van der Waals surface area contributed by atoms with Gasteiger partial charge in [-0.15, -0.1) is 0 Å². The number of hydrogen-bond donors (Lipinski definition) is 2. The first kappa shape index (κ1) is 14.5. The smallest absolute Gasteiger partial charge is 0.238 e. The largest absolute Gasteiger partial charge is 0.325 e. The summed E-state index contributed by atoms with van der Waals surface area (Å²) in [6, 6.07) is 5.89. The normalized spacial score (nSPS) is 21.6. The summed E-state index contributed by atoms with van der Waals surface area (Å²) >= 11 is 0. The van der Waals surface area contributed by atoms with Gasteiger partial charge < -0.3 is 10.6 Å². The predicted molar refractivity (Wildman–Crippen MR) is 80.6 cm³/mol. The van der Waals surface area contributed by atoms with Crippen LogP contribution in [0.2, 0.25) is 0 Å². The lowest BCUT2D eigenvalue weighted by molar-refractivity contribution is -0.117. The molecule has 1 spiro atoms. The van der Waals surface area contributed by atoms with E-state index < -0.39 is 0 Å². The second-order valence-electron chi connectivity index (χ2n) is 6.27. The number of anilines is 1. The molecule has 114 valence electrons. The van der Waals surface area contributed by atoms with Crippen LogP contribution < -0.4 is 10.6 Å². The lowest BCUT2D eigenvalue weighted by atomic mass is 9.78. The third kappa shape index (κ3) is 3.60. The molecular formula is C16H22FN3O. The Morgan fingerprint density at radius 3 is 2.67 bits per heavy atom. The first-order chi connectivity index (χ1) is 10.2. The number of hydrogen-bond acceptors (Lipinski definition) is 3. The van der Waals surface area contributed by atoms with Crippen LogP contribution in [0.25, 0.3) is 0 Å². The number of carbonyl (C=O) groups is 1. The molecule has 21 heavy (non-hydrogen) atoms. The van der Waals surface area contributed by atoms with Crippen LogP contribution in [0.1, 0.15) is 19.3 Å². The number of rotatable bonds is 3. The van der Waals surface area contributed by atoms with Gasteiger partial charge in [0, 0.05) is 12.2 Å². The van der Waals surface area contributed by atoms with Gasteiger partial charge in [-0.1, -0.05) is 0 Å². The van der Waals surface area contributed by atoms with Gasteiger partial charge in [-0.05, 0) is 68.6 Å². The van der Waals surface area contributed by atoms with Crippen molar-refractivity contribution in [3.63, 3.8) is 0 Å². The molecule has 1 amide bonds. The fraction of sp³-hybridized carbons (Fsp3) is 0.562. The highest BCUT2D eigenvalue weighted by molar-refractivity contribution is 5.92. The van der Waals surface area contributed by atoms with Gasteiger partial charge in [-0.25, -0.2) is 4.39 Å². The van der Waals surface area contributed by atoms with Crippen LogP contribution in [0, 0.1) is 11.2 Å². The molecule has 2 fully saturated rings. The van der Waals surface area contributed by atoms with E-state index in [-0.39, 0.29) is 11.7 Å². The molecule has 1 aromatic carbocycles. The monoisotopic (exact) mass is 291 g/mol. The van der Waals surface area contributed by atoms with E-state index >= 15 is 0 Å². The minimum Gasteiger partial charge on any atom is -0.325 e. The van der Waals surface area contributed by atoms with Crippen LogP contribution in [0.3, 0.4) is 0 Å². The van der Waals surface area contributed by atoms with Crippen molar-refractivity contribution in [3.05, 3.63) is 30.1 Å². The van der Waals surface area contributed by atoms with Crippen LogP contribution in [0.4, 0.5) is 10.1 Å². The molecule has 2 aliphatic rings. The van der Waals surface area contributed by atoms with Crippen molar-refractivity contribution in [1.29, 1.82) is 0 Å². The highest BCUT2D eigenvalue weighted by Gasteiger charge is 2.39. The van der Waals surface area contributed by atoms with Gasteiger partial charge in [0.05, 0.1) is 6.54 Å². The Morgan fingerprint density at radius 1 is 1.24 bits per heavy atom. The Kier molecular flexibility index (Phi) is 4.22. The van der Waals surface area contributed by atoms with Gasteiger partial charge in [0.25, 0.3) is 0 Å². The lowest BCUT2D eigenvalue weighted by Gasteiger charge is -2.33. The van der Waals surface area contributed by atoms with Gasteiger partial charge in [0.15, 0.2) is 0 Å². The van der Waals surface area contributed by atoms with E-state index in [0.29, 0.717) is 17.6 Å². The maximum Gasteiger partial charge on any atom is 0.238 e. The fourth-order valence-corrected chi connectivity index (χ4v) is 3.46. The highest BCUT2D eigenvalue weighted by Crippen LogP contribution is 2.38. The summed E-state index contributed by atoms with van der Waals surface area (Å²) in [4.78, 5) is 14.3. The highest BCUT2D eigenvalue weighted by atomic mass is 19.1. The molecule has 2 N–H and O–H groups in total. The number of halogens is 1. The second kappa shape index (κ2) is 6.12. The molecule has 4 nitrogen and oxygen atoms in total. The Bertz CT molecular complexity index is 497. The van der Waals surface area contributed by atoms with E-state index in [1.807, 2.05) is 0 Å². The zero-order valence-electron chi connectivity index (χ0n) is 12.2. The Balaban J connectivity index is 1.50. The predicted octanol–water partition coefficient (Wildman–Crippen LogP) is 1.84. The van der Waals surface area contributed by atoms with Gasteiger partial charge in [-0.3, -0.25) is 9.69 Å². The third-order valence-electron chi connectivity index (χ3n) is 4.68. The molecule has 0 saturated carbocycles. The van der Waals surface area contributed by atoms with Crippen molar-refractivity contribution in [2.24, 2.45) is 5.41 Å². The molecule has 2 aliphatic heterocycles. The second-order valence-corrected chi connectivity index (χ2v) is 6.27. The summed E-state index contributed by atoms with van der Waals surface area (Å²) in [5.74, 6) is -0.312. The number of piperidine rings is 1. The third-order valence-corrected chi connectivity index (χ3v) is 4.68. The summed E-state index contributed by atoms with van der Waals surface area (Å²) in [5, 5.41) is 6.23. The molecule has 0 bridgehead atoms. The number of benzene rings is 1. The van der Waals surface area contributed by atoms with Gasteiger partial charge in [-0.2, -0.15) is 0 Å². The molecule has 2 heterocycles. The summed E-state index contributed by atoms with van der Waals surface area (Å²) in [7, 11) is 0. The number of amides is 1. The van der Waals surface area contributed by atoms with Gasteiger partial charge >= 0.3 is 0 Å². The van der Waals surface area contributed by atoms with Crippen molar-refractivity contribution in [3.8, 4) is 0 Å². The van der Waals surface area contributed by atoms with E-state index in [1.165, 1.54) is 31.4 Å². The quantitative estimate of drug-likeness (QED) is 0.893. The van der Waals surface area contributed by atoms with Crippen molar-refractivity contribution < 1.29 is 9.18 Å². The Labute approximate surface area is 124 Å². The van der Waals surface area contributed by atoms with E-state index in [2.05, 4.69) is 15.5 Å². The Hall–Kier alpha value is -1.46. The van der Waals surface area contributed by atoms with Crippen molar-refractivity contribution in [1.82, 2.24) is 10.2 Å². The van der Waals surface area contributed by atoms with Crippen LogP contribution in [-0.4, -0.2) is 43.5 Å². The summed E-state index contributed by atoms with van der Waals surface area (Å²) in [5.41, 5.74) is 1.07. The average molecular weight is 291 g/mol. The van der Waals surface area contributed by atoms with Crippen LogP contribution in [0.15, 0.2) is 24.3 Å². The van der Waals surface area contributed by atoms with E-state index in [1.54, 1.807) is 12.1 Å². The molecule has 5 heteroatoms. The van der Waals surface area contributed by atoms with E-state index in [4.69, 9.17) is 0 Å². The minimum absolute atomic E-state index is 0.0207. The zero-order valence-corrected chi connectivity index (χ0v) is 12.2. The average Bonchev–Trinajstić information content (AvgIpc) is 2.84. The van der Waals surface area contributed by atoms with Gasteiger partial charge in [0.1, 0.15) is 5.82 Å². The molecule has 2 saturated heterocycles. The van der Waals surface area contributed by atoms with Crippen LogP contribution in [0.5, 0.6) is 0 Å². The first-order valence-electron chi connectivity index (χ1n) is 7.64. The number of nitrogens with zero attached hydrogens (tertiary/aromatic N) is 1. The SMILES string of the molecule is O=C(CN1CCC2(CCNCC2)C1)Nc1ccc(F)cc1. The molecule has 3 rings (SSSR count). The molecule has 0 radical (unpaired) electrons. The molecule has 1 aromatic rings. The summed E-state index contributed by atoms with van der Waals surface area (Å²) in [6.07, 6.45) is 3.62. The molecule has 0 atom stereocenters. The molecule has 0 unspecified atom stereocenters. The number of carbonyl (C=O) groups excluding carboxylic acids is 1. The van der Waals surface area contributed by atoms with E-state index in [0.717, 1.165) is 26.2 Å². The van der Waals surface area contributed by atoms with Crippen LogP contribution in [-0.2, 0) is 4.79 Å². The number of nitrogens with one attached hydrogen (secondary N) is 2. The molecule has 0 aromatic heterocycles. The lowest BCUT2D eigenvalue weighted by Crippen LogP contribution is -2.40. The number of likely N-dealkylation sites (tertiary alicyclic amines) is 1. The maximum atomic E-state index is 12.8.